The third-order valence-corrected chi connectivity index (χ3v) is 0.780. The molecule has 0 radical (unpaired) electrons. The minimum Gasteiger partial charge on any atom is -0.501 e. The molecular weight excluding hydrogens is 88.1 g/mol. The lowest BCUT2D eigenvalue weighted by atomic mass is 10.3. The van der Waals surface area contributed by atoms with Gasteiger partial charge >= 0.3 is 0 Å². The van der Waals surface area contributed by atoms with Gasteiger partial charge in [-0.3, -0.25) is 0 Å². The Bertz CT molecular complexity index is 148. The van der Waals surface area contributed by atoms with E-state index in [-0.39, 0.29) is 5.76 Å². The molecule has 1 aliphatic carbocycles. The fourth-order valence-electron chi connectivity index (χ4n) is 0.459. The van der Waals surface area contributed by atoms with Gasteiger partial charge < -0.3 is 5.11 Å². The predicted molar refractivity (Wildman–Crippen MR) is 28.0 cm³/mol. The third kappa shape index (κ3) is 0.951. The summed E-state index contributed by atoms with van der Waals surface area (Å²) in [4.78, 5) is 0. The molecule has 0 bridgehead atoms. The second-order valence-corrected chi connectivity index (χ2v) is 1.37. The molecule has 0 aromatic rings. The summed E-state index contributed by atoms with van der Waals surface area (Å²) in [5, 5.41) is 8.60. The van der Waals surface area contributed by atoms with E-state index in [1.165, 1.54) is 0 Å². The Morgan fingerprint density at radius 3 is 2.86 bits per heavy atom. The predicted octanol–water partition coefficient (Wildman–Crippen LogP) is 1.54. The summed E-state index contributed by atoms with van der Waals surface area (Å²) in [5.41, 5.74) is 2.64. The maximum absolute atomic E-state index is 8.60. The van der Waals surface area contributed by atoms with Gasteiger partial charge in [0, 0.05) is 0 Å². The van der Waals surface area contributed by atoms with Gasteiger partial charge in [-0.15, -0.1) is 0 Å². The van der Waals surface area contributed by atoms with Crippen LogP contribution in [0.15, 0.2) is 29.7 Å². The largest absolute Gasteiger partial charge is 0.501 e. The Kier molecular flexibility index (Phi) is 1.01. The highest BCUT2D eigenvalue weighted by Gasteiger charge is 1.82. The van der Waals surface area contributed by atoms with Crippen LogP contribution in [-0.4, -0.2) is 5.11 Å². The molecule has 7 heavy (non-hydrogen) atoms. The van der Waals surface area contributed by atoms with Crippen LogP contribution >= 0.6 is 0 Å². The van der Waals surface area contributed by atoms with Crippen molar-refractivity contribution in [2.24, 2.45) is 0 Å². The zero-order valence-corrected chi connectivity index (χ0v) is 3.89. The molecule has 0 aromatic heterocycles. The lowest BCUT2D eigenvalue weighted by Crippen LogP contribution is -1.72. The molecule has 0 saturated carbocycles. The van der Waals surface area contributed by atoms with Crippen LogP contribution in [-0.2, 0) is 0 Å². The van der Waals surface area contributed by atoms with Gasteiger partial charge in [-0.05, 0) is 18.6 Å². The van der Waals surface area contributed by atoms with Gasteiger partial charge in [-0.25, -0.2) is 0 Å². The van der Waals surface area contributed by atoms with Crippen LogP contribution in [0.5, 0.6) is 0 Å². The molecular formula is C6H6O. The number of rotatable bonds is 0. The van der Waals surface area contributed by atoms with E-state index in [4.69, 9.17) is 5.11 Å². The van der Waals surface area contributed by atoms with E-state index in [9.17, 15) is 0 Å². The fraction of sp³-hybridized carbons (Fsp3) is 0.167. The van der Waals surface area contributed by atoms with Gasteiger partial charge in [0.05, 0.1) is 0 Å². The van der Waals surface area contributed by atoms with Crippen LogP contribution in [0.25, 0.3) is 0 Å². The SMILES string of the molecule is OC1=C=CCC=C1. The molecule has 1 aliphatic rings. The summed E-state index contributed by atoms with van der Waals surface area (Å²) in [5.74, 6) is 0.228. The number of allylic oxidation sites excluding steroid dienone is 2. The Morgan fingerprint density at radius 1 is 1.71 bits per heavy atom. The van der Waals surface area contributed by atoms with E-state index in [1.54, 1.807) is 12.2 Å². The lowest BCUT2D eigenvalue weighted by molar-refractivity contribution is 0.433. The molecule has 0 unspecified atom stereocenters. The first kappa shape index (κ1) is 4.23. The highest BCUT2D eigenvalue weighted by molar-refractivity contribution is 5.15. The summed E-state index contributed by atoms with van der Waals surface area (Å²) in [6, 6.07) is 0. The zero-order valence-electron chi connectivity index (χ0n) is 3.89. The molecule has 1 N–H and O–H groups in total. The van der Waals surface area contributed by atoms with Crippen molar-refractivity contribution in [1.29, 1.82) is 0 Å². The van der Waals surface area contributed by atoms with Crippen LogP contribution in [0.4, 0.5) is 0 Å². The normalized spacial score (nSPS) is 16.9. The van der Waals surface area contributed by atoms with Gasteiger partial charge in [0.2, 0.25) is 0 Å². The number of hydrogen-bond donors (Lipinski definition) is 1. The van der Waals surface area contributed by atoms with E-state index in [2.05, 4.69) is 5.73 Å². The molecule has 0 aromatic carbocycles. The maximum atomic E-state index is 8.60. The standard InChI is InChI=1S/C6H6O/c7-6-4-2-1-3-5-6/h2-4,7H,1H2. The first-order valence-corrected chi connectivity index (χ1v) is 2.20. The van der Waals surface area contributed by atoms with E-state index in [1.807, 2.05) is 6.08 Å². The van der Waals surface area contributed by atoms with Crippen LogP contribution in [0, 0.1) is 0 Å². The minimum atomic E-state index is 0.228. The molecule has 0 saturated heterocycles. The minimum absolute atomic E-state index is 0.228. The van der Waals surface area contributed by atoms with Gasteiger partial charge in [-0.1, -0.05) is 11.8 Å². The molecule has 0 heterocycles. The summed E-state index contributed by atoms with van der Waals surface area (Å²) in [6.45, 7) is 0. The van der Waals surface area contributed by atoms with Gasteiger partial charge in [0.25, 0.3) is 0 Å². The Labute approximate surface area is 42.3 Å². The van der Waals surface area contributed by atoms with Crippen molar-refractivity contribution >= 4 is 0 Å². The topological polar surface area (TPSA) is 20.2 Å². The monoisotopic (exact) mass is 94.0 g/mol. The van der Waals surface area contributed by atoms with Crippen molar-refractivity contribution in [1.82, 2.24) is 0 Å². The Balaban J connectivity index is 2.89. The molecule has 36 valence electrons. The number of aliphatic hydroxyl groups excluding tert-OH is 1. The second-order valence-electron chi connectivity index (χ2n) is 1.37. The van der Waals surface area contributed by atoms with E-state index in [0.717, 1.165) is 6.42 Å². The van der Waals surface area contributed by atoms with E-state index < -0.39 is 0 Å². The second kappa shape index (κ2) is 1.67. The van der Waals surface area contributed by atoms with Crippen molar-refractivity contribution < 1.29 is 5.11 Å². The van der Waals surface area contributed by atoms with Crippen molar-refractivity contribution in [2.75, 3.05) is 0 Å². The molecule has 0 spiro atoms. The van der Waals surface area contributed by atoms with Crippen molar-refractivity contribution in [3.63, 3.8) is 0 Å². The smallest absolute Gasteiger partial charge is 0.158 e. The molecule has 0 atom stereocenters. The summed E-state index contributed by atoms with van der Waals surface area (Å²) in [6.07, 6.45) is 6.20. The van der Waals surface area contributed by atoms with Gasteiger partial charge in [0.15, 0.2) is 5.76 Å². The lowest BCUT2D eigenvalue weighted by Gasteiger charge is -1.87. The zero-order chi connectivity index (χ0) is 5.11. The Morgan fingerprint density at radius 2 is 2.57 bits per heavy atom. The highest BCUT2D eigenvalue weighted by atomic mass is 16.3. The van der Waals surface area contributed by atoms with Gasteiger partial charge in [-0.2, -0.15) is 0 Å². The average Bonchev–Trinajstić information content (AvgIpc) is 1.69. The molecule has 1 heteroatoms. The third-order valence-electron chi connectivity index (χ3n) is 0.780. The number of hydrogen-bond acceptors (Lipinski definition) is 1. The van der Waals surface area contributed by atoms with E-state index >= 15 is 0 Å². The fourth-order valence-corrected chi connectivity index (χ4v) is 0.459. The Hall–Kier alpha value is -0.940. The summed E-state index contributed by atoms with van der Waals surface area (Å²) in [7, 11) is 0. The first-order valence-electron chi connectivity index (χ1n) is 2.20. The molecule has 0 amide bonds. The molecule has 0 fully saturated rings. The van der Waals surface area contributed by atoms with Crippen molar-refractivity contribution in [3.8, 4) is 0 Å². The number of aliphatic hydroxyl groups is 1. The van der Waals surface area contributed by atoms with Gasteiger partial charge in [0.1, 0.15) is 0 Å². The van der Waals surface area contributed by atoms with E-state index in [0.29, 0.717) is 0 Å². The molecule has 1 rings (SSSR count). The van der Waals surface area contributed by atoms with Crippen molar-refractivity contribution in [2.45, 2.75) is 6.42 Å². The summed E-state index contributed by atoms with van der Waals surface area (Å²) < 4.78 is 0. The summed E-state index contributed by atoms with van der Waals surface area (Å²) >= 11 is 0. The van der Waals surface area contributed by atoms with Crippen molar-refractivity contribution in [3.05, 3.63) is 29.7 Å². The van der Waals surface area contributed by atoms with Crippen LogP contribution in [0.2, 0.25) is 0 Å². The van der Waals surface area contributed by atoms with Crippen LogP contribution < -0.4 is 0 Å². The molecule has 1 nitrogen and oxygen atoms in total. The highest BCUT2D eigenvalue weighted by Crippen LogP contribution is 1.96. The first-order chi connectivity index (χ1) is 3.39. The van der Waals surface area contributed by atoms with Crippen LogP contribution in [0.1, 0.15) is 6.42 Å². The van der Waals surface area contributed by atoms with Crippen LogP contribution in [0.3, 0.4) is 0 Å². The quantitative estimate of drug-likeness (QED) is 0.451. The maximum Gasteiger partial charge on any atom is 0.158 e. The average molecular weight is 94.1 g/mol. The molecule has 0 aliphatic heterocycles.